The second kappa shape index (κ2) is 10.7. The van der Waals surface area contributed by atoms with Gasteiger partial charge in [0.05, 0.1) is 30.1 Å². The van der Waals surface area contributed by atoms with Gasteiger partial charge in [-0.15, -0.1) is 11.3 Å². The Labute approximate surface area is 240 Å². The number of benzene rings is 2. The van der Waals surface area contributed by atoms with Crippen LogP contribution in [0.15, 0.2) is 53.5 Å². The van der Waals surface area contributed by atoms with E-state index >= 15 is 0 Å². The van der Waals surface area contributed by atoms with Crippen molar-refractivity contribution in [1.82, 2.24) is 9.88 Å². The Morgan fingerprint density at radius 1 is 1.17 bits per heavy atom. The lowest BCUT2D eigenvalue weighted by Gasteiger charge is -2.25. The number of aromatic carboxylic acids is 1. The number of ether oxygens (including phenoxy) is 1. The van der Waals surface area contributed by atoms with Crippen LogP contribution in [0.5, 0.6) is 11.5 Å². The molecule has 0 spiro atoms. The summed E-state index contributed by atoms with van der Waals surface area (Å²) in [6.45, 7) is 0. The predicted octanol–water partition coefficient (Wildman–Crippen LogP) is 4.54. The van der Waals surface area contributed by atoms with Crippen LogP contribution in [0, 0.1) is 0 Å². The monoisotopic (exact) mass is 573 g/mol. The van der Waals surface area contributed by atoms with Gasteiger partial charge in [-0.3, -0.25) is 9.59 Å². The summed E-state index contributed by atoms with van der Waals surface area (Å²) in [5.41, 5.74) is 8.84. The third kappa shape index (κ3) is 5.09. The number of rotatable bonds is 8. The third-order valence-corrected chi connectivity index (χ3v) is 9.19. The number of carbonyl (C=O) groups excluding carboxylic acids is 1. The lowest BCUT2D eigenvalue weighted by molar-refractivity contribution is -0.123. The molecule has 4 aromatic rings. The number of methoxy groups -OCH3 is 1. The number of aromatic hydroxyl groups is 1. The molecule has 2 aromatic carbocycles. The van der Waals surface area contributed by atoms with Crippen molar-refractivity contribution in [2.75, 3.05) is 7.11 Å². The van der Waals surface area contributed by atoms with E-state index in [1.54, 1.807) is 48.8 Å². The third-order valence-electron chi connectivity index (χ3n) is 7.95. The molecule has 2 atom stereocenters. The van der Waals surface area contributed by atoms with Crippen LogP contribution in [0.4, 0.5) is 0 Å². The molecular weight excluding hydrogens is 542 g/mol. The molecule has 41 heavy (non-hydrogen) atoms. The number of carbonyl (C=O) groups is 2. The number of nitrogens with one attached hydrogen (secondary N) is 1. The van der Waals surface area contributed by atoms with Crippen molar-refractivity contribution in [3.63, 3.8) is 0 Å². The first-order valence-corrected chi connectivity index (χ1v) is 14.5. The Bertz CT molecular complexity index is 1720. The van der Waals surface area contributed by atoms with Crippen molar-refractivity contribution in [3.05, 3.63) is 80.5 Å². The summed E-state index contributed by atoms with van der Waals surface area (Å²) in [7, 11) is 1.57. The summed E-state index contributed by atoms with van der Waals surface area (Å²) < 4.78 is 7.79. The van der Waals surface area contributed by atoms with Crippen LogP contribution in [0.2, 0.25) is 0 Å². The van der Waals surface area contributed by atoms with E-state index in [-0.39, 0.29) is 29.3 Å². The number of amides is 1. The fourth-order valence-electron chi connectivity index (χ4n) is 5.71. The predicted molar refractivity (Wildman–Crippen MR) is 157 cm³/mol. The van der Waals surface area contributed by atoms with Crippen LogP contribution in [0.25, 0.3) is 21.3 Å². The molecular formula is C31H31N3O6S. The normalized spacial score (nSPS) is 17.2. The van der Waals surface area contributed by atoms with Gasteiger partial charge >= 0.3 is 5.97 Å². The first kappa shape index (κ1) is 27.0. The van der Waals surface area contributed by atoms with E-state index in [2.05, 4.69) is 11.4 Å². The fraction of sp³-hybridized carbons (Fsp3) is 0.323. The largest absolute Gasteiger partial charge is 0.508 e. The van der Waals surface area contributed by atoms with Crippen LogP contribution in [0.1, 0.15) is 64.1 Å². The Hall–Kier alpha value is -4.15. The molecule has 6 rings (SSSR count). The molecule has 1 unspecified atom stereocenters. The summed E-state index contributed by atoms with van der Waals surface area (Å²) >= 11 is 1.64. The molecule has 2 aliphatic rings. The van der Waals surface area contributed by atoms with E-state index in [1.807, 2.05) is 10.6 Å². The van der Waals surface area contributed by atoms with Crippen molar-refractivity contribution in [2.24, 2.45) is 5.73 Å². The van der Waals surface area contributed by atoms with Gasteiger partial charge in [0.25, 0.3) is 0 Å². The number of hydrogen-bond donors (Lipinski definition) is 4. The Morgan fingerprint density at radius 2 is 1.93 bits per heavy atom. The second-order valence-electron chi connectivity index (χ2n) is 10.8. The maximum Gasteiger partial charge on any atom is 0.341 e. The highest BCUT2D eigenvalue weighted by Crippen LogP contribution is 2.46. The van der Waals surface area contributed by atoms with Gasteiger partial charge in [0.1, 0.15) is 11.3 Å². The first-order valence-electron chi connectivity index (χ1n) is 13.7. The Morgan fingerprint density at radius 3 is 2.61 bits per heavy atom. The van der Waals surface area contributed by atoms with Gasteiger partial charge in [-0.05, 0) is 80.0 Å². The zero-order valence-electron chi connectivity index (χ0n) is 22.6. The second-order valence-corrected chi connectivity index (χ2v) is 11.9. The van der Waals surface area contributed by atoms with Gasteiger partial charge in [0.15, 0.2) is 5.75 Å². The number of pyridine rings is 1. The van der Waals surface area contributed by atoms with Gasteiger partial charge in [-0.2, -0.15) is 0 Å². The van der Waals surface area contributed by atoms with E-state index in [1.165, 1.54) is 11.1 Å². The topological polar surface area (TPSA) is 144 Å². The average Bonchev–Trinajstić information content (AvgIpc) is 3.71. The molecule has 0 bridgehead atoms. The molecule has 0 saturated heterocycles. The number of thiophene rings is 1. The lowest BCUT2D eigenvalue weighted by Crippen LogP contribution is -2.44. The number of carboxylic acid groups (broad SMARTS) is 1. The van der Waals surface area contributed by atoms with E-state index in [9.17, 15) is 24.6 Å². The fourth-order valence-corrected chi connectivity index (χ4v) is 6.99. The van der Waals surface area contributed by atoms with Crippen LogP contribution >= 0.6 is 11.3 Å². The summed E-state index contributed by atoms with van der Waals surface area (Å²) in [6, 6.07) is 11.5. The van der Waals surface area contributed by atoms with E-state index in [0.29, 0.717) is 23.1 Å². The van der Waals surface area contributed by atoms with Crippen molar-refractivity contribution in [2.45, 2.75) is 56.7 Å². The first-order chi connectivity index (χ1) is 19.7. The number of phenols is 1. The van der Waals surface area contributed by atoms with Crippen molar-refractivity contribution in [1.29, 1.82) is 0 Å². The number of hydrogen-bond acceptors (Lipinski definition) is 7. The Balaban J connectivity index is 1.33. The molecule has 2 aliphatic carbocycles. The lowest BCUT2D eigenvalue weighted by atomic mass is 9.92. The van der Waals surface area contributed by atoms with Crippen LogP contribution in [0.3, 0.4) is 0 Å². The quantitative estimate of drug-likeness (QED) is 0.242. The van der Waals surface area contributed by atoms with Crippen LogP contribution < -0.4 is 21.2 Å². The summed E-state index contributed by atoms with van der Waals surface area (Å²) in [5.74, 6) is -0.761. The SMILES string of the molecule is COc1c(-c2cc3c(s2)CCCC3NC(=O)[C@H](N)Cc2ccc(O)cc2)ccc2c(=O)c(C(=O)O)cn(C3CC3)c12. The molecule has 2 aromatic heterocycles. The molecule has 0 aliphatic heterocycles. The van der Waals surface area contributed by atoms with Gasteiger partial charge < -0.3 is 30.6 Å². The highest BCUT2D eigenvalue weighted by Gasteiger charge is 2.31. The molecule has 2 heterocycles. The number of aromatic nitrogens is 1. The molecule has 1 fully saturated rings. The highest BCUT2D eigenvalue weighted by atomic mass is 32.1. The van der Waals surface area contributed by atoms with Crippen molar-refractivity contribution in [3.8, 4) is 21.9 Å². The maximum atomic E-state index is 13.1. The standard InChI is InChI=1S/C31H31N3O6S/c1-40-29-19(11-12-20-27(29)34(17-7-8-17)15-22(28(20)36)31(38)39)26-14-21-24(3-2-4-25(21)41-26)33-30(37)23(32)13-16-5-9-18(35)10-6-16/h5-6,9-12,14-15,17,23-24,35H,2-4,7-8,13,32H2,1H3,(H,33,37)(H,38,39)/t23-,24?/m1/s1. The molecule has 0 radical (unpaired) electrons. The number of phenolic OH excluding ortho intramolecular Hbond substituents is 1. The minimum atomic E-state index is -1.24. The zero-order valence-corrected chi connectivity index (χ0v) is 23.4. The van der Waals surface area contributed by atoms with Gasteiger partial charge in [-0.25, -0.2) is 4.79 Å². The molecule has 1 saturated carbocycles. The van der Waals surface area contributed by atoms with Crippen molar-refractivity contribution < 1.29 is 24.5 Å². The van der Waals surface area contributed by atoms with E-state index in [4.69, 9.17) is 10.5 Å². The van der Waals surface area contributed by atoms with Crippen molar-refractivity contribution >= 4 is 34.1 Å². The molecule has 10 heteroatoms. The molecule has 212 valence electrons. The maximum absolute atomic E-state index is 13.1. The van der Waals surface area contributed by atoms with Gasteiger partial charge in [-0.1, -0.05) is 12.1 Å². The highest BCUT2D eigenvalue weighted by molar-refractivity contribution is 7.15. The molecule has 1 amide bonds. The minimum Gasteiger partial charge on any atom is -0.508 e. The minimum absolute atomic E-state index is 0.127. The smallest absolute Gasteiger partial charge is 0.341 e. The zero-order chi connectivity index (χ0) is 28.8. The molecule has 5 N–H and O–H groups in total. The molecule has 9 nitrogen and oxygen atoms in total. The number of nitrogens with zero attached hydrogens (tertiary/aromatic N) is 1. The van der Waals surface area contributed by atoms with E-state index in [0.717, 1.165) is 53.7 Å². The van der Waals surface area contributed by atoms with Crippen LogP contribution in [-0.4, -0.2) is 39.8 Å². The number of aryl methyl sites for hydroxylation is 1. The Kier molecular flexibility index (Phi) is 7.04. The number of carboxylic acids is 1. The number of nitrogens with two attached hydrogens (primary N) is 1. The summed E-state index contributed by atoms with van der Waals surface area (Å²) in [5, 5.41) is 22.6. The van der Waals surface area contributed by atoms with Gasteiger partial charge in [0.2, 0.25) is 11.3 Å². The summed E-state index contributed by atoms with van der Waals surface area (Å²) in [4.78, 5) is 40.0. The summed E-state index contributed by atoms with van der Waals surface area (Å²) in [6.07, 6.45) is 6.26. The van der Waals surface area contributed by atoms with E-state index < -0.39 is 17.4 Å². The van der Waals surface area contributed by atoms with Crippen LogP contribution in [-0.2, 0) is 17.6 Å². The average molecular weight is 574 g/mol. The number of fused-ring (bicyclic) bond motifs is 2. The van der Waals surface area contributed by atoms with Gasteiger partial charge in [0, 0.05) is 27.6 Å².